The molecule has 1 fully saturated rings. The van der Waals surface area contributed by atoms with Crippen molar-refractivity contribution in [3.63, 3.8) is 0 Å². The maximum Gasteiger partial charge on any atom is 0.325 e. The fourth-order valence-electron chi connectivity index (χ4n) is 1.80. The number of imide groups is 1. The van der Waals surface area contributed by atoms with Gasteiger partial charge in [-0.05, 0) is 43.7 Å². The maximum absolute atomic E-state index is 11.7. The van der Waals surface area contributed by atoms with Crippen LogP contribution in [-0.4, -0.2) is 24.5 Å². The first-order chi connectivity index (χ1) is 8.65. The lowest BCUT2D eigenvalue weighted by atomic mass is 10.2. The van der Waals surface area contributed by atoms with Gasteiger partial charge in [0.15, 0.2) is 0 Å². The lowest BCUT2D eigenvalue weighted by molar-refractivity contribution is -0.121. The van der Waals surface area contributed by atoms with Crippen LogP contribution in [0.2, 0.25) is 0 Å². The van der Waals surface area contributed by atoms with Gasteiger partial charge in [-0.3, -0.25) is 10.1 Å². The van der Waals surface area contributed by atoms with Crippen molar-refractivity contribution >= 4 is 33.6 Å². The molecule has 1 unspecified atom stereocenters. The number of halogens is 1. The lowest BCUT2D eigenvalue weighted by Crippen LogP contribution is -2.44. The third-order valence-electron chi connectivity index (χ3n) is 2.72. The number of carbonyl (C=O) groups is 2. The second-order valence-corrected chi connectivity index (χ2v) is 5.01. The Labute approximate surface area is 113 Å². The molecule has 1 heterocycles. The van der Waals surface area contributed by atoms with E-state index >= 15 is 0 Å². The quantitative estimate of drug-likeness (QED) is 0.780. The van der Waals surface area contributed by atoms with Crippen LogP contribution in [0.25, 0.3) is 0 Å². The molecule has 1 aromatic rings. The van der Waals surface area contributed by atoms with Gasteiger partial charge in [-0.15, -0.1) is 0 Å². The number of anilines is 1. The van der Waals surface area contributed by atoms with Crippen LogP contribution in [0.1, 0.15) is 12.8 Å². The number of benzene rings is 1. The summed E-state index contributed by atoms with van der Waals surface area (Å²) in [6, 6.07) is 6.38. The highest BCUT2D eigenvalue weighted by Gasteiger charge is 2.23. The topological polar surface area (TPSA) is 70.2 Å². The van der Waals surface area contributed by atoms with Gasteiger partial charge in [-0.1, -0.05) is 15.9 Å². The van der Waals surface area contributed by atoms with Crippen molar-refractivity contribution in [1.82, 2.24) is 10.6 Å². The molecule has 1 atom stereocenters. The Hall–Kier alpha value is -1.40. The van der Waals surface area contributed by atoms with E-state index in [4.69, 9.17) is 0 Å². The van der Waals surface area contributed by atoms with Crippen molar-refractivity contribution in [2.45, 2.75) is 18.9 Å². The monoisotopic (exact) mass is 311 g/mol. The molecule has 96 valence electrons. The van der Waals surface area contributed by atoms with E-state index in [2.05, 4.69) is 31.9 Å². The molecule has 1 aliphatic heterocycles. The number of hydrogen-bond acceptors (Lipinski definition) is 3. The second kappa shape index (κ2) is 5.97. The molecule has 3 N–H and O–H groups in total. The van der Waals surface area contributed by atoms with Crippen LogP contribution in [0.5, 0.6) is 0 Å². The molecular weight excluding hydrogens is 298 g/mol. The van der Waals surface area contributed by atoms with E-state index in [1.165, 1.54) is 0 Å². The van der Waals surface area contributed by atoms with E-state index in [1.54, 1.807) is 12.1 Å². The van der Waals surface area contributed by atoms with Gasteiger partial charge in [0.05, 0.1) is 6.04 Å². The van der Waals surface area contributed by atoms with Crippen LogP contribution in [-0.2, 0) is 4.79 Å². The summed E-state index contributed by atoms with van der Waals surface area (Å²) >= 11 is 3.31. The standard InChI is InChI=1S/C12H14BrN3O2/c13-8-3-5-9(6-4-8)15-12(18)16-11(17)10-2-1-7-14-10/h3-6,10,14H,1-2,7H2,(H2,15,16,17,18). The van der Waals surface area contributed by atoms with Crippen molar-refractivity contribution in [2.75, 3.05) is 11.9 Å². The first-order valence-electron chi connectivity index (χ1n) is 5.76. The first-order valence-corrected chi connectivity index (χ1v) is 6.55. The van der Waals surface area contributed by atoms with E-state index in [9.17, 15) is 9.59 Å². The van der Waals surface area contributed by atoms with Gasteiger partial charge >= 0.3 is 6.03 Å². The smallest absolute Gasteiger partial charge is 0.308 e. The largest absolute Gasteiger partial charge is 0.325 e. The molecule has 3 amide bonds. The number of nitrogens with one attached hydrogen (secondary N) is 3. The van der Waals surface area contributed by atoms with Gasteiger partial charge in [0.25, 0.3) is 0 Å². The molecule has 0 radical (unpaired) electrons. The molecule has 2 rings (SSSR count). The van der Waals surface area contributed by atoms with Crippen LogP contribution < -0.4 is 16.0 Å². The average molecular weight is 312 g/mol. The molecule has 6 heteroatoms. The Kier molecular flexibility index (Phi) is 4.33. The number of amides is 3. The summed E-state index contributed by atoms with van der Waals surface area (Å²) in [4.78, 5) is 23.2. The van der Waals surface area contributed by atoms with Crippen molar-refractivity contribution in [2.24, 2.45) is 0 Å². The summed E-state index contributed by atoms with van der Waals surface area (Å²) in [5, 5.41) is 7.96. The third kappa shape index (κ3) is 3.54. The van der Waals surface area contributed by atoms with E-state index < -0.39 is 6.03 Å². The molecule has 0 aromatic heterocycles. The predicted molar refractivity (Wildman–Crippen MR) is 72.3 cm³/mol. The summed E-state index contributed by atoms with van der Waals surface area (Å²) in [5.41, 5.74) is 0.642. The highest BCUT2D eigenvalue weighted by Crippen LogP contribution is 2.13. The van der Waals surface area contributed by atoms with Gasteiger partial charge in [0, 0.05) is 10.2 Å². The number of rotatable bonds is 2. The van der Waals surface area contributed by atoms with Gasteiger partial charge < -0.3 is 10.6 Å². The minimum absolute atomic E-state index is 0.249. The molecule has 1 saturated heterocycles. The Morgan fingerprint density at radius 1 is 1.28 bits per heavy atom. The number of urea groups is 1. The highest BCUT2D eigenvalue weighted by atomic mass is 79.9. The highest BCUT2D eigenvalue weighted by molar-refractivity contribution is 9.10. The molecule has 1 aliphatic rings. The Bertz CT molecular complexity index is 441. The van der Waals surface area contributed by atoms with E-state index in [0.717, 1.165) is 23.9 Å². The van der Waals surface area contributed by atoms with E-state index in [0.29, 0.717) is 5.69 Å². The van der Waals surface area contributed by atoms with Crippen LogP contribution in [0.4, 0.5) is 10.5 Å². The molecular formula is C12H14BrN3O2. The Morgan fingerprint density at radius 3 is 2.61 bits per heavy atom. The van der Waals surface area contributed by atoms with Crippen LogP contribution in [0.3, 0.4) is 0 Å². The maximum atomic E-state index is 11.7. The van der Waals surface area contributed by atoms with Gasteiger partial charge in [0.2, 0.25) is 5.91 Å². The van der Waals surface area contributed by atoms with Crippen molar-refractivity contribution in [1.29, 1.82) is 0 Å². The lowest BCUT2D eigenvalue weighted by Gasteiger charge is -2.11. The second-order valence-electron chi connectivity index (χ2n) is 4.10. The fraction of sp³-hybridized carbons (Fsp3) is 0.333. The summed E-state index contributed by atoms with van der Waals surface area (Å²) in [7, 11) is 0. The molecule has 0 spiro atoms. The van der Waals surface area contributed by atoms with Crippen molar-refractivity contribution in [3.05, 3.63) is 28.7 Å². The Morgan fingerprint density at radius 2 is 2.00 bits per heavy atom. The zero-order valence-corrected chi connectivity index (χ0v) is 11.3. The molecule has 5 nitrogen and oxygen atoms in total. The molecule has 0 aliphatic carbocycles. The summed E-state index contributed by atoms with van der Waals surface area (Å²) in [6.07, 6.45) is 1.74. The van der Waals surface area contributed by atoms with Gasteiger partial charge in [-0.2, -0.15) is 0 Å². The predicted octanol–water partition coefficient (Wildman–Crippen LogP) is 1.85. The normalized spacial score (nSPS) is 18.4. The number of hydrogen-bond donors (Lipinski definition) is 3. The van der Waals surface area contributed by atoms with Crippen LogP contribution >= 0.6 is 15.9 Å². The minimum Gasteiger partial charge on any atom is -0.308 e. The number of carbonyl (C=O) groups excluding carboxylic acids is 2. The van der Waals surface area contributed by atoms with E-state index in [-0.39, 0.29) is 11.9 Å². The van der Waals surface area contributed by atoms with Crippen molar-refractivity contribution < 1.29 is 9.59 Å². The summed E-state index contributed by atoms with van der Waals surface area (Å²) in [6.45, 7) is 0.826. The third-order valence-corrected chi connectivity index (χ3v) is 3.24. The Balaban J connectivity index is 1.84. The molecule has 0 bridgehead atoms. The molecule has 18 heavy (non-hydrogen) atoms. The summed E-state index contributed by atoms with van der Waals surface area (Å²) < 4.78 is 0.930. The van der Waals surface area contributed by atoms with Crippen LogP contribution in [0, 0.1) is 0 Å². The van der Waals surface area contributed by atoms with Crippen molar-refractivity contribution in [3.8, 4) is 0 Å². The van der Waals surface area contributed by atoms with E-state index in [1.807, 2.05) is 12.1 Å². The zero-order chi connectivity index (χ0) is 13.0. The average Bonchev–Trinajstić information content (AvgIpc) is 2.85. The minimum atomic E-state index is -0.504. The molecule has 1 aromatic carbocycles. The van der Waals surface area contributed by atoms with Crippen LogP contribution in [0.15, 0.2) is 28.7 Å². The van der Waals surface area contributed by atoms with Gasteiger partial charge in [-0.25, -0.2) is 4.79 Å². The molecule has 0 saturated carbocycles. The first kappa shape index (κ1) is 13.0. The fourth-order valence-corrected chi connectivity index (χ4v) is 2.07. The SMILES string of the molecule is O=C(NC(=O)C1CCCN1)Nc1ccc(Br)cc1. The van der Waals surface area contributed by atoms with Gasteiger partial charge in [0.1, 0.15) is 0 Å². The summed E-state index contributed by atoms with van der Waals surface area (Å²) in [5.74, 6) is -0.276. The zero-order valence-electron chi connectivity index (χ0n) is 9.70.